The number of rotatable bonds is 7. The topological polar surface area (TPSA) is 105 Å². The van der Waals surface area contributed by atoms with Crippen molar-refractivity contribution in [3.63, 3.8) is 0 Å². The van der Waals surface area contributed by atoms with Crippen LogP contribution in [-0.2, 0) is 19.2 Å². The summed E-state index contributed by atoms with van der Waals surface area (Å²) in [6.45, 7) is -0.336. The maximum atomic E-state index is 12.6. The highest BCUT2D eigenvalue weighted by Gasteiger charge is 2.32. The molecular formula is C25H28N2O6. The van der Waals surface area contributed by atoms with Gasteiger partial charge in [0.1, 0.15) is 6.61 Å². The Kier molecular flexibility index (Phi) is 6.93. The first kappa shape index (κ1) is 22.8. The number of hydrogen-bond acceptors (Lipinski definition) is 5. The molecule has 2 N–H and O–H groups in total. The number of benzene rings is 2. The molecule has 4 rings (SSSR count). The number of nitrogens with one attached hydrogen (secondary N) is 1. The van der Waals surface area contributed by atoms with Gasteiger partial charge in [0.2, 0.25) is 5.91 Å². The average Bonchev–Trinajstić information content (AvgIpc) is 3.14. The van der Waals surface area contributed by atoms with Crippen LogP contribution >= 0.6 is 0 Å². The zero-order valence-corrected chi connectivity index (χ0v) is 18.5. The molecule has 33 heavy (non-hydrogen) atoms. The number of hydrogen-bond donors (Lipinski definition) is 2. The normalized spacial score (nSPS) is 19.3. The van der Waals surface area contributed by atoms with Crippen LogP contribution in [0.3, 0.4) is 0 Å². The number of ether oxygens (including phenoxy) is 1. The van der Waals surface area contributed by atoms with E-state index in [0.717, 1.165) is 29.0 Å². The summed E-state index contributed by atoms with van der Waals surface area (Å²) in [6, 6.07) is 16.1. The minimum absolute atomic E-state index is 0.0103. The highest BCUT2D eigenvalue weighted by molar-refractivity contribution is 5.79. The lowest BCUT2D eigenvalue weighted by Gasteiger charge is -2.30. The fraction of sp³-hybridized carbons (Fsp3) is 0.400. The molecule has 0 heterocycles. The molecular weight excluding hydrogens is 424 g/mol. The van der Waals surface area contributed by atoms with E-state index in [0.29, 0.717) is 12.8 Å². The van der Waals surface area contributed by atoms with Crippen LogP contribution in [0.5, 0.6) is 0 Å². The second kappa shape index (κ2) is 10.0. The van der Waals surface area contributed by atoms with Gasteiger partial charge in [0.15, 0.2) is 6.61 Å². The molecule has 0 aliphatic heterocycles. The minimum atomic E-state index is -1.15. The summed E-state index contributed by atoms with van der Waals surface area (Å²) < 4.78 is 5.62. The predicted molar refractivity (Wildman–Crippen MR) is 120 cm³/mol. The van der Waals surface area contributed by atoms with Crippen LogP contribution in [0.25, 0.3) is 11.1 Å². The van der Waals surface area contributed by atoms with Crippen LogP contribution in [0.2, 0.25) is 0 Å². The van der Waals surface area contributed by atoms with E-state index in [1.54, 1.807) is 0 Å². The first-order chi connectivity index (χ1) is 15.9. The van der Waals surface area contributed by atoms with Crippen molar-refractivity contribution in [3.05, 3.63) is 59.7 Å². The Morgan fingerprint density at radius 3 is 2.30 bits per heavy atom. The molecule has 2 aromatic carbocycles. The summed E-state index contributed by atoms with van der Waals surface area (Å²) >= 11 is 0. The smallest absolute Gasteiger partial charge is 0.407 e. The molecule has 174 valence electrons. The second-order valence-electron chi connectivity index (χ2n) is 8.53. The SMILES string of the molecule is CN(OCC(=O)O)C(=O)[C@@H]1CCC[C@H](NC(=O)OCC2c3ccccc3-c3ccccc32)C1. The van der Waals surface area contributed by atoms with Crippen molar-refractivity contribution in [3.8, 4) is 11.1 Å². The lowest BCUT2D eigenvalue weighted by Crippen LogP contribution is -2.43. The number of amides is 2. The van der Waals surface area contributed by atoms with Gasteiger partial charge in [-0.2, -0.15) is 0 Å². The summed E-state index contributed by atoms with van der Waals surface area (Å²) in [5.74, 6) is -1.77. The van der Waals surface area contributed by atoms with E-state index in [1.165, 1.54) is 18.2 Å². The maximum absolute atomic E-state index is 12.6. The zero-order chi connectivity index (χ0) is 23.4. The zero-order valence-electron chi connectivity index (χ0n) is 18.5. The van der Waals surface area contributed by atoms with Crippen molar-refractivity contribution in [2.45, 2.75) is 37.6 Å². The lowest BCUT2D eigenvalue weighted by atomic mass is 9.85. The van der Waals surface area contributed by atoms with Crippen LogP contribution in [0.15, 0.2) is 48.5 Å². The first-order valence-electron chi connectivity index (χ1n) is 11.2. The predicted octanol–water partition coefficient (Wildman–Crippen LogP) is 3.56. The Morgan fingerprint density at radius 1 is 1.03 bits per heavy atom. The number of alkyl carbamates (subject to hydrolysis) is 1. The number of carbonyl (C=O) groups is 3. The van der Waals surface area contributed by atoms with E-state index in [4.69, 9.17) is 14.7 Å². The Bertz CT molecular complexity index is 994. The Labute approximate surface area is 192 Å². The van der Waals surface area contributed by atoms with Crippen LogP contribution < -0.4 is 5.32 Å². The summed E-state index contributed by atoms with van der Waals surface area (Å²) in [5, 5.41) is 12.6. The Morgan fingerprint density at radius 2 is 1.67 bits per heavy atom. The minimum Gasteiger partial charge on any atom is -0.479 e. The number of aliphatic carboxylic acids is 1. The van der Waals surface area contributed by atoms with Gasteiger partial charge in [0, 0.05) is 24.9 Å². The van der Waals surface area contributed by atoms with E-state index in [2.05, 4.69) is 29.6 Å². The van der Waals surface area contributed by atoms with E-state index in [9.17, 15) is 14.4 Å². The van der Waals surface area contributed by atoms with Gasteiger partial charge in [-0.05, 0) is 41.5 Å². The highest BCUT2D eigenvalue weighted by Crippen LogP contribution is 2.44. The van der Waals surface area contributed by atoms with Gasteiger partial charge in [0.25, 0.3) is 0 Å². The van der Waals surface area contributed by atoms with Crippen molar-refractivity contribution in [1.82, 2.24) is 10.4 Å². The van der Waals surface area contributed by atoms with Crippen LogP contribution in [0.1, 0.15) is 42.7 Å². The molecule has 8 nitrogen and oxygen atoms in total. The molecule has 1 saturated carbocycles. The second-order valence-corrected chi connectivity index (χ2v) is 8.53. The van der Waals surface area contributed by atoms with Gasteiger partial charge in [-0.15, -0.1) is 0 Å². The molecule has 0 spiro atoms. The number of hydroxylamine groups is 2. The quantitative estimate of drug-likeness (QED) is 0.623. The van der Waals surface area contributed by atoms with Crippen molar-refractivity contribution in [2.24, 2.45) is 5.92 Å². The number of fused-ring (bicyclic) bond motifs is 3. The number of nitrogens with zero attached hydrogens (tertiary/aromatic N) is 1. The molecule has 8 heteroatoms. The fourth-order valence-corrected chi connectivity index (χ4v) is 4.82. The Balaban J connectivity index is 1.31. The Hall–Kier alpha value is -3.39. The summed E-state index contributed by atoms with van der Waals surface area (Å²) in [7, 11) is 1.41. The van der Waals surface area contributed by atoms with Crippen molar-refractivity contribution < 1.29 is 29.1 Å². The van der Waals surface area contributed by atoms with Crippen molar-refractivity contribution in [1.29, 1.82) is 0 Å². The molecule has 0 aromatic heterocycles. The standard InChI is InChI=1S/C25H28N2O6/c1-27(33-15-23(28)29)24(30)16-7-6-8-17(13-16)26-25(31)32-14-22-20-11-4-2-9-18(20)19-10-3-5-12-21(19)22/h2-5,9-12,16-17,22H,6-8,13-15H2,1H3,(H,26,31)(H,28,29)/t16-,17+/m1/s1. The van der Waals surface area contributed by atoms with Gasteiger partial charge in [-0.3, -0.25) is 9.63 Å². The van der Waals surface area contributed by atoms with Gasteiger partial charge in [-0.25, -0.2) is 14.7 Å². The lowest BCUT2D eigenvalue weighted by molar-refractivity contribution is -0.190. The van der Waals surface area contributed by atoms with Gasteiger partial charge < -0.3 is 15.2 Å². The van der Waals surface area contributed by atoms with E-state index >= 15 is 0 Å². The molecule has 2 atom stereocenters. The van der Waals surface area contributed by atoms with Gasteiger partial charge >= 0.3 is 12.1 Å². The molecule has 0 radical (unpaired) electrons. The van der Waals surface area contributed by atoms with Crippen molar-refractivity contribution in [2.75, 3.05) is 20.3 Å². The van der Waals surface area contributed by atoms with Gasteiger partial charge in [-0.1, -0.05) is 55.0 Å². The summed E-state index contributed by atoms with van der Waals surface area (Å²) in [6.07, 6.45) is 2.17. The summed E-state index contributed by atoms with van der Waals surface area (Å²) in [4.78, 5) is 40.7. The number of carboxylic acid groups (broad SMARTS) is 1. The average molecular weight is 453 g/mol. The number of carboxylic acids is 1. The largest absolute Gasteiger partial charge is 0.479 e. The first-order valence-corrected chi connectivity index (χ1v) is 11.2. The monoisotopic (exact) mass is 452 g/mol. The third kappa shape index (κ3) is 5.17. The highest BCUT2D eigenvalue weighted by atomic mass is 16.7. The van der Waals surface area contributed by atoms with Crippen LogP contribution in [-0.4, -0.2) is 54.4 Å². The van der Waals surface area contributed by atoms with Crippen LogP contribution in [0.4, 0.5) is 4.79 Å². The molecule has 2 aliphatic carbocycles. The van der Waals surface area contributed by atoms with E-state index in [-0.39, 0.29) is 30.4 Å². The third-order valence-corrected chi connectivity index (χ3v) is 6.38. The van der Waals surface area contributed by atoms with E-state index < -0.39 is 18.7 Å². The van der Waals surface area contributed by atoms with Crippen LogP contribution in [0, 0.1) is 5.92 Å². The molecule has 2 aromatic rings. The molecule has 0 unspecified atom stereocenters. The summed E-state index contributed by atoms with van der Waals surface area (Å²) in [5.41, 5.74) is 4.65. The molecule has 2 aliphatic rings. The third-order valence-electron chi connectivity index (χ3n) is 6.38. The maximum Gasteiger partial charge on any atom is 0.407 e. The molecule has 1 fully saturated rings. The molecule has 0 bridgehead atoms. The van der Waals surface area contributed by atoms with E-state index in [1.807, 2.05) is 24.3 Å². The molecule has 2 amide bonds. The number of carbonyl (C=O) groups excluding carboxylic acids is 2. The molecule has 0 saturated heterocycles. The fourth-order valence-electron chi connectivity index (χ4n) is 4.82. The van der Waals surface area contributed by atoms with Crippen molar-refractivity contribution >= 4 is 18.0 Å². The van der Waals surface area contributed by atoms with Gasteiger partial charge in [0.05, 0.1) is 0 Å².